The number of benzene rings is 2. The highest BCUT2D eigenvalue weighted by molar-refractivity contribution is 5.67. The van der Waals surface area contributed by atoms with Crippen molar-refractivity contribution in [3.8, 4) is 11.8 Å². The van der Waals surface area contributed by atoms with Gasteiger partial charge >= 0.3 is 6.09 Å². The van der Waals surface area contributed by atoms with Gasteiger partial charge in [0.1, 0.15) is 12.2 Å². The Morgan fingerprint density at radius 2 is 2.00 bits per heavy atom. The number of nitrogens with one attached hydrogen (secondary N) is 1. The maximum atomic E-state index is 11.5. The molecule has 0 heterocycles. The number of amides is 1. The molecule has 2 rings (SSSR count). The molecule has 0 radical (unpaired) electrons. The molecule has 0 aliphatic carbocycles. The third kappa shape index (κ3) is 5.14. The van der Waals surface area contributed by atoms with Gasteiger partial charge in [0, 0.05) is 6.07 Å². The molecule has 0 spiro atoms. The number of ether oxygens (including phenoxy) is 1. The summed E-state index contributed by atoms with van der Waals surface area (Å²) in [4.78, 5) is 22.0. The maximum absolute atomic E-state index is 11.5. The molecular formula is C18H16N2O4. The number of hydrogen-bond acceptors (Lipinski definition) is 4. The van der Waals surface area contributed by atoms with Crippen molar-refractivity contribution in [1.82, 2.24) is 5.32 Å². The summed E-state index contributed by atoms with van der Waals surface area (Å²) in [6, 6.07) is 14.0. The summed E-state index contributed by atoms with van der Waals surface area (Å²) in [7, 11) is 0. The van der Waals surface area contributed by atoms with Crippen LogP contribution in [0.15, 0.2) is 48.5 Å². The lowest BCUT2D eigenvalue weighted by molar-refractivity contribution is -0.385. The third-order valence-corrected chi connectivity index (χ3v) is 3.11. The molecular weight excluding hydrogens is 308 g/mol. The molecule has 2 aromatic rings. The molecule has 2 aromatic carbocycles. The summed E-state index contributed by atoms with van der Waals surface area (Å²) < 4.78 is 5.04. The molecule has 6 nitrogen and oxygen atoms in total. The van der Waals surface area contributed by atoms with Crippen LogP contribution in [0.5, 0.6) is 0 Å². The van der Waals surface area contributed by atoms with Crippen LogP contribution in [0.1, 0.15) is 16.7 Å². The summed E-state index contributed by atoms with van der Waals surface area (Å²) in [5.41, 5.74) is 2.02. The maximum Gasteiger partial charge on any atom is 0.408 e. The number of nitrogens with zero attached hydrogens (tertiary/aromatic N) is 1. The standard InChI is InChI=1S/C18H16N2O4/c1-14-9-10-17(20(22)23)16(12-14)8-5-11-19-18(21)24-13-15-6-3-2-4-7-15/h2-4,6-7,9-10,12H,11,13H2,1H3,(H,19,21). The van der Waals surface area contributed by atoms with E-state index in [-0.39, 0.29) is 18.8 Å². The first-order chi connectivity index (χ1) is 11.6. The molecule has 0 aliphatic rings. The quantitative estimate of drug-likeness (QED) is 0.532. The van der Waals surface area contributed by atoms with Gasteiger partial charge in [0.25, 0.3) is 5.69 Å². The van der Waals surface area contributed by atoms with E-state index < -0.39 is 11.0 Å². The van der Waals surface area contributed by atoms with Gasteiger partial charge in [-0.1, -0.05) is 48.2 Å². The van der Waals surface area contributed by atoms with Crippen molar-refractivity contribution < 1.29 is 14.5 Å². The van der Waals surface area contributed by atoms with Crippen molar-refractivity contribution in [1.29, 1.82) is 0 Å². The molecule has 1 amide bonds. The predicted molar refractivity (Wildman–Crippen MR) is 89.3 cm³/mol. The van der Waals surface area contributed by atoms with E-state index in [2.05, 4.69) is 17.2 Å². The van der Waals surface area contributed by atoms with Gasteiger partial charge in [0.05, 0.1) is 11.5 Å². The van der Waals surface area contributed by atoms with E-state index in [4.69, 9.17) is 4.74 Å². The highest BCUT2D eigenvalue weighted by Gasteiger charge is 2.11. The van der Waals surface area contributed by atoms with Crippen LogP contribution in [0.2, 0.25) is 0 Å². The Morgan fingerprint density at radius 1 is 1.25 bits per heavy atom. The van der Waals surface area contributed by atoms with Crippen LogP contribution in [0.25, 0.3) is 0 Å². The third-order valence-electron chi connectivity index (χ3n) is 3.11. The first kappa shape index (κ1) is 17.0. The number of carbonyl (C=O) groups excluding carboxylic acids is 1. The minimum atomic E-state index is -0.591. The van der Waals surface area contributed by atoms with Crippen LogP contribution in [0.3, 0.4) is 0 Å². The molecule has 6 heteroatoms. The highest BCUT2D eigenvalue weighted by Crippen LogP contribution is 2.18. The Bertz CT molecular complexity index is 792. The number of alkyl carbamates (subject to hydrolysis) is 1. The fraction of sp³-hybridized carbons (Fsp3) is 0.167. The Hall–Kier alpha value is -3.33. The summed E-state index contributed by atoms with van der Waals surface area (Å²) in [6.07, 6.45) is -0.591. The zero-order chi connectivity index (χ0) is 17.4. The SMILES string of the molecule is Cc1ccc([N+](=O)[O-])c(C#CCNC(=O)OCc2ccccc2)c1. The lowest BCUT2D eigenvalue weighted by atomic mass is 10.1. The first-order valence-electron chi connectivity index (χ1n) is 7.25. The molecule has 0 aromatic heterocycles. The molecule has 0 saturated heterocycles. The van der Waals surface area contributed by atoms with E-state index in [9.17, 15) is 14.9 Å². The first-order valence-corrected chi connectivity index (χ1v) is 7.25. The normalized spacial score (nSPS) is 9.54. The second-order valence-electron chi connectivity index (χ2n) is 4.99. The summed E-state index contributed by atoms with van der Waals surface area (Å²) >= 11 is 0. The smallest absolute Gasteiger partial charge is 0.408 e. The molecule has 0 bridgehead atoms. The zero-order valence-corrected chi connectivity index (χ0v) is 13.1. The molecule has 0 unspecified atom stereocenters. The molecule has 24 heavy (non-hydrogen) atoms. The van der Waals surface area contributed by atoms with Crippen LogP contribution < -0.4 is 5.32 Å². The van der Waals surface area contributed by atoms with Crippen molar-refractivity contribution >= 4 is 11.8 Å². The van der Waals surface area contributed by atoms with E-state index in [1.165, 1.54) is 6.07 Å². The molecule has 0 atom stereocenters. The van der Waals surface area contributed by atoms with Crippen molar-refractivity contribution in [3.05, 3.63) is 75.3 Å². The van der Waals surface area contributed by atoms with Gasteiger partial charge in [-0.15, -0.1) is 0 Å². The molecule has 122 valence electrons. The van der Waals surface area contributed by atoms with Gasteiger partial charge in [0.2, 0.25) is 0 Å². The van der Waals surface area contributed by atoms with E-state index >= 15 is 0 Å². The van der Waals surface area contributed by atoms with Crippen LogP contribution >= 0.6 is 0 Å². The van der Waals surface area contributed by atoms with Gasteiger partial charge < -0.3 is 10.1 Å². The summed E-state index contributed by atoms with van der Waals surface area (Å²) in [6.45, 7) is 2.04. The molecule has 0 saturated carbocycles. The van der Waals surface area contributed by atoms with Gasteiger partial charge in [-0.05, 0) is 24.1 Å². The van der Waals surface area contributed by atoms with Crippen molar-refractivity contribution in [3.63, 3.8) is 0 Å². The number of nitro groups is 1. The second kappa shape index (κ2) is 8.34. The average Bonchev–Trinajstić information content (AvgIpc) is 2.57. The van der Waals surface area contributed by atoms with Crippen LogP contribution in [-0.4, -0.2) is 17.6 Å². The topological polar surface area (TPSA) is 81.5 Å². The number of aryl methyl sites for hydroxylation is 1. The number of nitro benzene ring substituents is 1. The second-order valence-corrected chi connectivity index (χ2v) is 4.99. The Labute approximate surface area is 139 Å². The molecule has 0 fully saturated rings. The number of carbonyl (C=O) groups is 1. The molecule has 1 N–H and O–H groups in total. The number of rotatable bonds is 4. The largest absolute Gasteiger partial charge is 0.445 e. The van der Waals surface area contributed by atoms with Crippen molar-refractivity contribution in [2.45, 2.75) is 13.5 Å². The van der Waals surface area contributed by atoms with Crippen molar-refractivity contribution in [2.24, 2.45) is 0 Å². The Morgan fingerprint density at radius 3 is 2.71 bits per heavy atom. The summed E-state index contributed by atoms with van der Waals surface area (Å²) in [5, 5.41) is 13.4. The van der Waals surface area contributed by atoms with E-state index in [1.807, 2.05) is 37.3 Å². The lowest BCUT2D eigenvalue weighted by Gasteiger charge is -2.04. The van der Waals surface area contributed by atoms with Gasteiger partial charge in [0.15, 0.2) is 0 Å². The fourth-order valence-corrected chi connectivity index (χ4v) is 1.94. The Balaban J connectivity index is 1.86. The minimum Gasteiger partial charge on any atom is -0.445 e. The lowest BCUT2D eigenvalue weighted by Crippen LogP contribution is -2.24. The predicted octanol–water partition coefficient (Wildman–Crippen LogP) is 3.18. The van der Waals surface area contributed by atoms with Crippen LogP contribution in [0.4, 0.5) is 10.5 Å². The molecule has 0 aliphatic heterocycles. The zero-order valence-electron chi connectivity index (χ0n) is 13.1. The van der Waals surface area contributed by atoms with E-state index in [0.717, 1.165) is 11.1 Å². The fourth-order valence-electron chi connectivity index (χ4n) is 1.94. The highest BCUT2D eigenvalue weighted by atomic mass is 16.6. The van der Waals surface area contributed by atoms with Gasteiger partial charge in [-0.25, -0.2) is 4.79 Å². The minimum absolute atomic E-state index is 0.0404. The van der Waals surface area contributed by atoms with E-state index in [1.54, 1.807) is 12.1 Å². The van der Waals surface area contributed by atoms with Gasteiger partial charge in [-0.3, -0.25) is 10.1 Å². The van der Waals surface area contributed by atoms with Gasteiger partial charge in [-0.2, -0.15) is 0 Å². The Kier molecular flexibility index (Phi) is 5.92. The monoisotopic (exact) mass is 324 g/mol. The van der Waals surface area contributed by atoms with Crippen LogP contribution in [-0.2, 0) is 11.3 Å². The van der Waals surface area contributed by atoms with E-state index in [0.29, 0.717) is 5.56 Å². The van der Waals surface area contributed by atoms with Crippen LogP contribution in [0, 0.1) is 28.9 Å². The number of hydrogen-bond donors (Lipinski definition) is 1. The average molecular weight is 324 g/mol. The summed E-state index contributed by atoms with van der Waals surface area (Å²) in [5.74, 6) is 5.39. The van der Waals surface area contributed by atoms with Crippen molar-refractivity contribution in [2.75, 3.05) is 6.54 Å².